The second kappa shape index (κ2) is 9.90. The lowest BCUT2D eigenvalue weighted by Crippen LogP contribution is -2.43. The van der Waals surface area contributed by atoms with E-state index in [1.807, 2.05) is 11.4 Å². The Morgan fingerprint density at radius 1 is 0.591 bits per heavy atom. The summed E-state index contributed by atoms with van der Waals surface area (Å²) >= 11 is 0. The molecule has 0 aromatic carbocycles. The van der Waals surface area contributed by atoms with Crippen molar-refractivity contribution in [2.24, 2.45) is 0 Å². The molecular weight excluding hydrogens is 336 g/mol. The van der Waals surface area contributed by atoms with E-state index in [-0.39, 0.29) is 0 Å². The minimum atomic E-state index is -2.71. The number of rotatable bonds is 11. The lowest BCUT2D eigenvalue weighted by Gasteiger charge is -2.25. The van der Waals surface area contributed by atoms with Crippen LogP contribution in [0.2, 0.25) is 12.6 Å². The minimum Gasteiger partial charge on any atom is -0.374 e. The molecule has 0 aromatic rings. The van der Waals surface area contributed by atoms with Crippen molar-refractivity contribution < 1.29 is 26.6 Å². The monoisotopic (exact) mass is 366 g/mol. The molecule has 0 bridgehead atoms. The van der Waals surface area contributed by atoms with Gasteiger partial charge in [0.15, 0.2) is 0 Å². The molecule has 0 rings (SSSR count). The average molecular weight is 367 g/mol. The summed E-state index contributed by atoms with van der Waals surface area (Å²) in [6.45, 7) is 4.40. The highest BCUT2D eigenvalue weighted by atomic mass is 28.4. The molecule has 0 fully saturated rings. The molecule has 0 radical (unpaired) electrons. The van der Waals surface area contributed by atoms with E-state index in [9.17, 15) is 0 Å². The van der Waals surface area contributed by atoms with Gasteiger partial charge in [-0.3, -0.25) is 0 Å². The first kappa shape index (κ1) is 21.9. The van der Waals surface area contributed by atoms with Crippen LogP contribution in [0.15, 0.2) is 22.8 Å². The van der Waals surface area contributed by atoms with E-state index in [0.717, 1.165) is 6.04 Å². The highest BCUT2D eigenvalue weighted by molar-refractivity contribution is 6.90. The molecule has 0 saturated heterocycles. The van der Waals surface area contributed by atoms with E-state index in [1.54, 1.807) is 42.7 Å². The van der Waals surface area contributed by atoms with Gasteiger partial charge in [0, 0.05) is 42.7 Å². The summed E-state index contributed by atoms with van der Waals surface area (Å²) < 4.78 is 32.6. The summed E-state index contributed by atoms with van der Waals surface area (Å²) in [6, 6.07) is 1.02. The molecule has 9 heteroatoms. The molecule has 0 saturated carbocycles. The summed E-state index contributed by atoms with van der Waals surface area (Å²) in [5.41, 5.74) is 8.24. The third-order valence-electron chi connectivity index (χ3n) is 3.81. The summed E-state index contributed by atoms with van der Waals surface area (Å²) in [7, 11) is 2.38. The third-order valence-corrected chi connectivity index (χ3v) is 12.4. The molecule has 0 amide bonds. The van der Waals surface area contributed by atoms with Crippen molar-refractivity contribution >= 4 is 25.7 Å². The van der Waals surface area contributed by atoms with Gasteiger partial charge >= 0.3 is 17.6 Å². The van der Waals surface area contributed by atoms with Gasteiger partial charge in [0.1, 0.15) is 0 Å². The van der Waals surface area contributed by atoms with Crippen LogP contribution >= 0.6 is 0 Å². The Bertz CT molecular complexity index is 320. The topological polar surface area (TPSA) is 55.4 Å². The van der Waals surface area contributed by atoms with Crippen LogP contribution in [0.25, 0.3) is 0 Å². The van der Waals surface area contributed by atoms with Crippen LogP contribution in [-0.4, -0.2) is 68.3 Å². The number of hydrogen-bond acceptors (Lipinski definition) is 6. The summed E-state index contributed by atoms with van der Waals surface area (Å²) in [5, 5.41) is 0. The van der Waals surface area contributed by atoms with Crippen LogP contribution in [-0.2, 0) is 26.6 Å². The van der Waals surface area contributed by atoms with Crippen molar-refractivity contribution in [1.82, 2.24) is 0 Å². The Morgan fingerprint density at radius 2 is 0.864 bits per heavy atom. The predicted octanol–water partition coefficient (Wildman–Crippen LogP) is 2.11. The van der Waals surface area contributed by atoms with E-state index in [0.29, 0.717) is 0 Å². The fourth-order valence-electron chi connectivity index (χ4n) is 1.78. The van der Waals surface area contributed by atoms with Crippen LogP contribution in [0.5, 0.6) is 0 Å². The fraction of sp³-hybridized carbons (Fsp3) is 0.692. The Labute approximate surface area is 137 Å². The second-order valence-electron chi connectivity index (χ2n) is 4.96. The molecule has 0 aliphatic carbocycles. The van der Waals surface area contributed by atoms with Gasteiger partial charge in [-0.1, -0.05) is 30.9 Å². The molecule has 0 unspecified atom stereocenters. The van der Waals surface area contributed by atoms with E-state index in [1.165, 1.54) is 0 Å². The quantitative estimate of drug-likeness (QED) is 0.522. The highest BCUT2D eigenvalue weighted by Gasteiger charge is 2.38. The zero-order chi connectivity index (χ0) is 17.3. The smallest absolute Gasteiger partial charge is 0.374 e. The lowest BCUT2D eigenvalue weighted by atomic mass is 11.0. The Hall–Kier alpha value is -0.109. The standard InChI is InChI=1S/C13H30O6Si3/c1-9-20(8,10-12-21(14-2,15-3)16-4)11-13-22(17-5,18-6)19-7/h10-13H,9H2,1-8H3. The van der Waals surface area contributed by atoms with E-state index in [4.69, 9.17) is 26.6 Å². The molecular formula is C13H30O6Si3. The first-order valence-electron chi connectivity index (χ1n) is 7.06. The maximum atomic E-state index is 5.43. The Balaban J connectivity index is 5.36. The highest BCUT2D eigenvalue weighted by Crippen LogP contribution is 2.19. The van der Waals surface area contributed by atoms with Crippen LogP contribution < -0.4 is 0 Å². The van der Waals surface area contributed by atoms with Crippen molar-refractivity contribution in [2.75, 3.05) is 42.7 Å². The molecule has 0 atom stereocenters. The summed E-state index contributed by atoms with van der Waals surface area (Å²) in [4.78, 5) is 0. The minimum absolute atomic E-state index is 1.02. The third kappa shape index (κ3) is 5.83. The maximum Gasteiger partial charge on any atom is 0.528 e. The molecule has 130 valence electrons. The van der Waals surface area contributed by atoms with Gasteiger partial charge in [0.25, 0.3) is 0 Å². The molecule has 22 heavy (non-hydrogen) atoms. The fourth-order valence-corrected chi connectivity index (χ4v) is 8.86. The van der Waals surface area contributed by atoms with Gasteiger partial charge in [0.05, 0.1) is 8.07 Å². The van der Waals surface area contributed by atoms with Gasteiger partial charge in [-0.2, -0.15) is 0 Å². The first-order valence-corrected chi connectivity index (χ1v) is 13.5. The van der Waals surface area contributed by atoms with Crippen molar-refractivity contribution in [3.8, 4) is 0 Å². The zero-order valence-electron chi connectivity index (χ0n) is 15.0. The van der Waals surface area contributed by atoms with Gasteiger partial charge in [-0.15, -0.1) is 0 Å². The van der Waals surface area contributed by atoms with Crippen LogP contribution in [0.4, 0.5) is 0 Å². The molecule has 0 aliphatic heterocycles. The first-order chi connectivity index (χ1) is 10.3. The molecule has 0 heterocycles. The molecule has 0 spiro atoms. The largest absolute Gasteiger partial charge is 0.528 e. The van der Waals surface area contributed by atoms with Crippen LogP contribution in [0.3, 0.4) is 0 Å². The molecule has 6 nitrogen and oxygen atoms in total. The number of hydrogen-bond donors (Lipinski definition) is 0. The lowest BCUT2D eigenvalue weighted by molar-refractivity contribution is 0.138. The van der Waals surface area contributed by atoms with Gasteiger partial charge in [-0.05, 0) is 11.4 Å². The van der Waals surface area contributed by atoms with E-state index >= 15 is 0 Å². The Kier molecular flexibility index (Phi) is 9.85. The zero-order valence-corrected chi connectivity index (χ0v) is 18.0. The molecule has 0 aliphatic rings. The van der Waals surface area contributed by atoms with Crippen molar-refractivity contribution in [3.63, 3.8) is 0 Å². The maximum absolute atomic E-state index is 5.43. The van der Waals surface area contributed by atoms with Crippen molar-refractivity contribution in [1.29, 1.82) is 0 Å². The Morgan fingerprint density at radius 3 is 1.05 bits per heavy atom. The van der Waals surface area contributed by atoms with Crippen molar-refractivity contribution in [2.45, 2.75) is 19.5 Å². The van der Waals surface area contributed by atoms with Gasteiger partial charge in [0.2, 0.25) is 0 Å². The second-order valence-corrected chi connectivity index (χ2v) is 14.9. The molecule has 0 aromatic heterocycles. The van der Waals surface area contributed by atoms with E-state index < -0.39 is 25.7 Å². The van der Waals surface area contributed by atoms with E-state index in [2.05, 4.69) is 24.9 Å². The summed E-state index contributed by atoms with van der Waals surface area (Å²) in [6.07, 6.45) is 0. The average Bonchev–Trinajstić information content (AvgIpc) is 2.58. The normalized spacial score (nSPS) is 16.5. The molecule has 0 N–H and O–H groups in total. The van der Waals surface area contributed by atoms with Crippen LogP contribution in [0.1, 0.15) is 6.92 Å². The van der Waals surface area contributed by atoms with Gasteiger partial charge < -0.3 is 26.6 Å². The summed E-state index contributed by atoms with van der Waals surface area (Å²) in [5.74, 6) is 0. The SMILES string of the molecule is CC[Si](C)(C=C[Si](OC)(OC)OC)C=C[Si](OC)(OC)OC. The van der Waals surface area contributed by atoms with Gasteiger partial charge in [-0.25, -0.2) is 0 Å². The predicted molar refractivity (Wildman–Crippen MR) is 93.9 cm³/mol. The van der Waals surface area contributed by atoms with Crippen molar-refractivity contribution in [3.05, 3.63) is 22.8 Å². The van der Waals surface area contributed by atoms with Crippen LogP contribution in [0, 0.1) is 0 Å².